The smallest absolute Gasteiger partial charge is 0.357 e. The van der Waals surface area contributed by atoms with Crippen molar-refractivity contribution < 1.29 is 26.3 Å². The van der Waals surface area contributed by atoms with E-state index in [2.05, 4.69) is 14.9 Å². The first-order valence-electron chi connectivity index (χ1n) is 9.64. The highest BCUT2D eigenvalue weighted by Gasteiger charge is 2.34. The quantitative estimate of drug-likeness (QED) is 0.484. The van der Waals surface area contributed by atoms with Crippen molar-refractivity contribution >= 4 is 27.2 Å². The molecule has 2 aromatic rings. The minimum absolute atomic E-state index is 0.00118. The second-order valence-corrected chi connectivity index (χ2v) is 9.29. The second-order valence-electron chi connectivity index (χ2n) is 7.33. The SMILES string of the molecule is C[N+](=O)c1c(CN=O)cccc1NS(=O)(=O)C1CCN(c2cc(C(F)(F)F)ccn2)CC1. The number of aromatic nitrogens is 1. The van der Waals surface area contributed by atoms with Crippen molar-refractivity contribution in [1.82, 2.24) is 4.98 Å². The predicted molar refractivity (Wildman–Crippen MR) is 112 cm³/mol. The first-order valence-corrected chi connectivity index (χ1v) is 11.2. The zero-order chi connectivity index (χ0) is 23.5. The van der Waals surface area contributed by atoms with E-state index >= 15 is 0 Å². The summed E-state index contributed by atoms with van der Waals surface area (Å²) in [5, 5.41) is 1.94. The number of anilines is 2. The molecule has 1 fully saturated rings. The Morgan fingerprint density at radius 3 is 2.53 bits per heavy atom. The summed E-state index contributed by atoms with van der Waals surface area (Å²) in [5.74, 6) is 0.132. The predicted octanol–water partition coefficient (Wildman–Crippen LogP) is 3.82. The Balaban J connectivity index is 1.74. The van der Waals surface area contributed by atoms with E-state index < -0.39 is 27.0 Å². The highest BCUT2D eigenvalue weighted by Crippen LogP contribution is 2.33. The average molecular weight is 472 g/mol. The zero-order valence-corrected chi connectivity index (χ0v) is 17.9. The first-order chi connectivity index (χ1) is 15.0. The molecule has 0 bridgehead atoms. The van der Waals surface area contributed by atoms with Gasteiger partial charge in [0.25, 0.3) is 5.69 Å². The third-order valence-electron chi connectivity index (χ3n) is 5.20. The largest absolute Gasteiger partial charge is 0.416 e. The van der Waals surface area contributed by atoms with Gasteiger partial charge in [-0.15, -0.1) is 0 Å². The van der Waals surface area contributed by atoms with Gasteiger partial charge >= 0.3 is 6.18 Å². The summed E-state index contributed by atoms with van der Waals surface area (Å²) in [7, 11) is -2.73. The number of sulfonamides is 1. The molecular formula is C19H21F3N5O4S+. The minimum Gasteiger partial charge on any atom is -0.357 e. The summed E-state index contributed by atoms with van der Waals surface area (Å²) in [6.07, 6.45) is -3.11. The molecule has 3 rings (SSSR count). The van der Waals surface area contributed by atoms with Crippen molar-refractivity contribution in [2.45, 2.75) is 30.8 Å². The maximum atomic E-state index is 12.9. The zero-order valence-electron chi connectivity index (χ0n) is 17.0. The standard InChI is InChI=1S/C19H21F3N5O4S/c1-26(29)18-13(12-24-28)3-2-4-16(18)25-32(30,31)15-6-9-27(10-7-15)17-11-14(5-8-23-17)19(20,21)22/h2-5,8,11,15,25H,6-7,9-10,12H2,1H3/q+1. The molecule has 1 aromatic heterocycles. The van der Waals surface area contributed by atoms with Crippen molar-refractivity contribution in [3.63, 3.8) is 0 Å². The average Bonchev–Trinajstić information content (AvgIpc) is 2.73. The topological polar surface area (TPSA) is 112 Å². The van der Waals surface area contributed by atoms with Crippen LogP contribution in [0.15, 0.2) is 41.7 Å². The van der Waals surface area contributed by atoms with E-state index in [1.807, 2.05) is 0 Å². The fraction of sp³-hybridized carbons (Fsp3) is 0.421. The molecule has 0 aliphatic carbocycles. The van der Waals surface area contributed by atoms with Gasteiger partial charge in [-0.2, -0.15) is 18.1 Å². The lowest BCUT2D eigenvalue weighted by molar-refractivity contribution is -0.428. The van der Waals surface area contributed by atoms with Gasteiger partial charge in [0.05, 0.1) is 16.4 Å². The fourth-order valence-corrected chi connectivity index (χ4v) is 5.11. The van der Waals surface area contributed by atoms with Gasteiger partial charge in [0.1, 0.15) is 18.1 Å². The van der Waals surface area contributed by atoms with E-state index in [1.54, 1.807) is 4.90 Å². The van der Waals surface area contributed by atoms with Crippen LogP contribution in [0.4, 0.5) is 30.4 Å². The molecule has 32 heavy (non-hydrogen) atoms. The highest BCUT2D eigenvalue weighted by molar-refractivity contribution is 7.93. The van der Waals surface area contributed by atoms with E-state index in [9.17, 15) is 31.4 Å². The number of nitrogens with zero attached hydrogens (tertiary/aromatic N) is 4. The Kier molecular flexibility index (Phi) is 6.77. The fourth-order valence-electron chi connectivity index (χ4n) is 3.64. The third-order valence-corrected chi connectivity index (χ3v) is 7.05. The molecule has 1 N–H and O–H groups in total. The van der Waals surface area contributed by atoms with E-state index in [-0.39, 0.29) is 55.2 Å². The molecule has 13 heteroatoms. The van der Waals surface area contributed by atoms with Crippen LogP contribution in [0.5, 0.6) is 0 Å². The van der Waals surface area contributed by atoms with Gasteiger partial charge in [-0.25, -0.2) is 13.4 Å². The Labute approximate surface area is 182 Å². The summed E-state index contributed by atoms with van der Waals surface area (Å²) >= 11 is 0. The number of hydrogen-bond acceptors (Lipinski definition) is 7. The van der Waals surface area contributed by atoms with Crippen molar-refractivity contribution in [2.24, 2.45) is 5.18 Å². The lowest BCUT2D eigenvalue weighted by Gasteiger charge is -2.32. The summed E-state index contributed by atoms with van der Waals surface area (Å²) in [4.78, 5) is 28.2. The molecule has 0 unspecified atom stereocenters. The molecule has 0 saturated carbocycles. The molecule has 1 saturated heterocycles. The molecule has 1 aliphatic heterocycles. The first kappa shape index (κ1) is 23.6. The van der Waals surface area contributed by atoms with Gasteiger partial charge in [0, 0.05) is 29.0 Å². The molecule has 0 spiro atoms. The van der Waals surface area contributed by atoms with Crippen LogP contribution in [0.3, 0.4) is 0 Å². The van der Waals surface area contributed by atoms with Crippen molar-refractivity contribution in [3.8, 4) is 0 Å². The maximum Gasteiger partial charge on any atom is 0.416 e. The number of halogens is 3. The Morgan fingerprint density at radius 1 is 1.25 bits per heavy atom. The van der Waals surface area contributed by atoms with Crippen molar-refractivity contribution in [1.29, 1.82) is 0 Å². The molecule has 0 amide bonds. The van der Waals surface area contributed by atoms with Gasteiger partial charge in [-0.3, -0.25) is 4.72 Å². The molecule has 172 valence electrons. The van der Waals surface area contributed by atoms with Gasteiger partial charge in [0.2, 0.25) is 10.0 Å². The van der Waals surface area contributed by atoms with Crippen molar-refractivity contribution in [2.75, 3.05) is 29.8 Å². The van der Waals surface area contributed by atoms with Gasteiger partial charge < -0.3 is 4.90 Å². The number of alkyl halides is 3. The Hall–Kier alpha value is -3.09. The summed E-state index contributed by atoms with van der Waals surface area (Å²) in [6.45, 7) is 0.104. The number of pyridine rings is 1. The lowest BCUT2D eigenvalue weighted by atomic mass is 10.1. The van der Waals surface area contributed by atoms with Crippen LogP contribution in [-0.4, -0.2) is 43.5 Å². The monoisotopic (exact) mass is 472 g/mol. The molecule has 1 aliphatic rings. The molecule has 0 atom stereocenters. The van der Waals surface area contributed by atoms with Crippen LogP contribution in [0, 0.1) is 9.81 Å². The summed E-state index contributed by atoms with van der Waals surface area (Å²) in [6, 6.07) is 6.24. The van der Waals surface area contributed by atoms with E-state index in [0.29, 0.717) is 4.76 Å². The number of para-hydroxylation sites is 1. The number of piperidine rings is 1. The van der Waals surface area contributed by atoms with E-state index in [4.69, 9.17) is 0 Å². The minimum atomic E-state index is -4.50. The van der Waals surface area contributed by atoms with Crippen LogP contribution in [0.2, 0.25) is 0 Å². The number of benzene rings is 1. The van der Waals surface area contributed by atoms with E-state index in [0.717, 1.165) is 18.3 Å². The van der Waals surface area contributed by atoms with Crippen LogP contribution >= 0.6 is 0 Å². The normalized spacial score (nSPS) is 15.4. The van der Waals surface area contributed by atoms with Crippen LogP contribution < -0.4 is 9.62 Å². The van der Waals surface area contributed by atoms with Gasteiger partial charge in [-0.05, 0) is 31.0 Å². The Morgan fingerprint density at radius 2 is 1.94 bits per heavy atom. The van der Waals surface area contributed by atoms with Crippen LogP contribution in [0.1, 0.15) is 24.0 Å². The number of rotatable bonds is 7. The van der Waals surface area contributed by atoms with Crippen molar-refractivity contribution in [3.05, 3.63) is 57.5 Å². The molecule has 2 heterocycles. The van der Waals surface area contributed by atoms with Crippen LogP contribution in [0.25, 0.3) is 0 Å². The van der Waals surface area contributed by atoms with E-state index in [1.165, 1.54) is 25.2 Å². The van der Waals surface area contributed by atoms with Gasteiger partial charge in [0.15, 0.2) is 7.05 Å². The maximum absolute atomic E-state index is 12.9. The van der Waals surface area contributed by atoms with Crippen LogP contribution in [-0.2, 0) is 22.7 Å². The molecule has 1 aromatic carbocycles. The third kappa shape index (κ3) is 5.21. The number of hydrogen-bond donors (Lipinski definition) is 1. The summed E-state index contributed by atoms with van der Waals surface area (Å²) in [5.41, 5.74) is -0.507. The summed E-state index contributed by atoms with van der Waals surface area (Å²) < 4.78 is 67.6. The van der Waals surface area contributed by atoms with Gasteiger partial charge in [-0.1, -0.05) is 17.3 Å². The highest BCUT2D eigenvalue weighted by atomic mass is 32.2. The second kappa shape index (κ2) is 9.18. The number of nitrogens with one attached hydrogen (secondary N) is 1. The number of nitroso groups, excluding NO2 is 2. The Bertz CT molecular complexity index is 1120. The molecular weight excluding hydrogens is 451 g/mol. The lowest BCUT2D eigenvalue weighted by Crippen LogP contribution is -2.41. The molecule has 9 nitrogen and oxygen atoms in total. The molecule has 0 radical (unpaired) electrons.